The first-order valence-electron chi connectivity index (χ1n) is 4.60. The van der Waals surface area contributed by atoms with Gasteiger partial charge < -0.3 is 0 Å². The van der Waals surface area contributed by atoms with Crippen molar-refractivity contribution in [2.45, 2.75) is 32.9 Å². The summed E-state index contributed by atoms with van der Waals surface area (Å²) in [5.74, 6) is -0.802. The van der Waals surface area contributed by atoms with E-state index in [9.17, 15) is 17.6 Å². The molecule has 0 aliphatic rings. The molecule has 0 nitrogen and oxygen atoms in total. The molecule has 0 fully saturated rings. The fourth-order valence-electron chi connectivity index (χ4n) is 1.38. The van der Waals surface area contributed by atoms with E-state index in [0.717, 1.165) is 12.1 Å². The molecular weight excluding hydrogens is 208 g/mol. The summed E-state index contributed by atoms with van der Waals surface area (Å²) in [6.45, 7) is 4.67. The van der Waals surface area contributed by atoms with Crippen molar-refractivity contribution in [2.75, 3.05) is 0 Å². The maximum Gasteiger partial charge on any atom is 0.416 e. The number of halogens is 4. The number of rotatable bonds is 1. The monoisotopic (exact) mass is 220 g/mol. The van der Waals surface area contributed by atoms with Crippen molar-refractivity contribution in [2.24, 2.45) is 0 Å². The Balaban J connectivity index is 3.36. The second-order valence-electron chi connectivity index (χ2n) is 3.85. The highest BCUT2D eigenvalue weighted by Gasteiger charge is 2.32. The van der Waals surface area contributed by atoms with Gasteiger partial charge in [0.2, 0.25) is 0 Å². The zero-order valence-corrected chi connectivity index (χ0v) is 8.74. The van der Waals surface area contributed by atoms with Crippen molar-refractivity contribution < 1.29 is 17.6 Å². The van der Waals surface area contributed by atoms with E-state index < -0.39 is 17.6 Å². The van der Waals surface area contributed by atoms with E-state index in [-0.39, 0.29) is 17.0 Å². The Bertz CT molecular complexity index is 364. The maximum absolute atomic E-state index is 13.5. The van der Waals surface area contributed by atoms with Crippen molar-refractivity contribution in [3.8, 4) is 0 Å². The number of hydrogen-bond acceptors (Lipinski definition) is 0. The Hall–Kier alpha value is -1.06. The number of alkyl halides is 3. The van der Waals surface area contributed by atoms with Gasteiger partial charge in [0, 0.05) is 0 Å². The molecule has 0 saturated carbocycles. The standard InChI is InChI=1S/C11H12F4/c1-6(2)9-5-8(11(13,14)15)4-7(3)10(9)12/h4-6H,1-3H3. The first-order valence-corrected chi connectivity index (χ1v) is 4.60. The van der Waals surface area contributed by atoms with Gasteiger partial charge in [-0.1, -0.05) is 13.8 Å². The van der Waals surface area contributed by atoms with Crippen LogP contribution in [0.5, 0.6) is 0 Å². The van der Waals surface area contributed by atoms with Crippen LogP contribution in [0, 0.1) is 12.7 Å². The molecule has 0 heterocycles. The van der Waals surface area contributed by atoms with E-state index in [0.29, 0.717) is 0 Å². The lowest BCUT2D eigenvalue weighted by Crippen LogP contribution is -2.08. The Labute approximate surface area is 85.9 Å². The van der Waals surface area contributed by atoms with Crippen LogP contribution in [-0.2, 0) is 6.18 Å². The molecular formula is C11H12F4. The molecule has 1 aromatic carbocycles. The molecule has 0 aromatic heterocycles. The van der Waals surface area contributed by atoms with Crippen molar-refractivity contribution in [3.05, 3.63) is 34.6 Å². The normalized spacial score (nSPS) is 12.3. The van der Waals surface area contributed by atoms with Gasteiger partial charge in [0.1, 0.15) is 5.82 Å². The average molecular weight is 220 g/mol. The van der Waals surface area contributed by atoms with Crippen molar-refractivity contribution in [1.82, 2.24) is 0 Å². The molecule has 84 valence electrons. The molecule has 0 atom stereocenters. The van der Waals surface area contributed by atoms with E-state index in [1.54, 1.807) is 13.8 Å². The Kier molecular flexibility index (Phi) is 3.07. The van der Waals surface area contributed by atoms with Gasteiger partial charge in [0.25, 0.3) is 0 Å². The van der Waals surface area contributed by atoms with Gasteiger partial charge in [-0.3, -0.25) is 0 Å². The lowest BCUT2D eigenvalue weighted by atomic mass is 9.97. The second-order valence-corrected chi connectivity index (χ2v) is 3.85. The molecule has 0 amide bonds. The zero-order valence-electron chi connectivity index (χ0n) is 8.74. The van der Waals surface area contributed by atoms with Crippen LogP contribution < -0.4 is 0 Å². The highest BCUT2D eigenvalue weighted by molar-refractivity contribution is 5.34. The molecule has 1 rings (SSSR count). The number of hydrogen-bond donors (Lipinski definition) is 0. The third kappa shape index (κ3) is 2.49. The fraction of sp³-hybridized carbons (Fsp3) is 0.455. The largest absolute Gasteiger partial charge is 0.416 e. The fourth-order valence-corrected chi connectivity index (χ4v) is 1.38. The summed E-state index contributed by atoms with van der Waals surface area (Å²) < 4.78 is 50.7. The zero-order chi connectivity index (χ0) is 11.8. The first-order chi connectivity index (χ1) is 6.73. The molecule has 0 bridgehead atoms. The van der Waals surface area contributed by atoms with Crippen molar-refractivity contribution >= 4 is 0 Å². The Morgan fingerprint density at radius 3 is 2.07 bits per heavy atom. The smallest absolute Gasteiger partial charge is 0.206 e. The molecule has 0 spiro atoms. The third-order valence-corrected chi connectivity index (χ3v) is 2.23. The summed E-state index contributed by atoms with van der Waals surface area (Å²) in [5.41, 5.74) is -0.638. The SMILES string of the molecule is Cc1cc(C(F)(F)F)cc(C(C)C)c1F. The lowest BCUT2D eigenvalue weighted by molar-refractivity contribution is -0.137. The summed E-state index contributed by atoms with van der Waals surface area (Å²) in [7, 11) is 0. The summed E-state index contributed by atoms with van der Waals surface area (Å²) in [4.78, 5) is 0. The summed E-state index contributed by atoms with van der Waals surface area (Å²) in [5, 5.41) is 0. The Morgan fingerprint density at radius 1 is 1.13 bits per heavy atom. The van der Waals surface area contributed by atoms with Crippen LogP contribution in [0.1, 0.15) is 36.5 Å². The van der Waals surface area contributed by atoms with Gasteiger partial charge in [0.15, 0.2) is 0 Å². The van der Waals surface area contributed by atoms with E-state index in [2.05, 4.69) is 0 Å². The summed E-state index contributed by atoms with van der Waals surface area (Å²) >= 11 is 0. The van der Waals surface area contributed by atoms with Crippen LogP contribution in [0.25, 0.3) is 0 Å². The van der Waals surface area contributed by atoms with E-state index in [1.165, 1.54) is 6.92 Å². The topological polar surface area (TPSA) is 0 Å². The van der Waals surface area contributed by atoms with E-state index in [1.807, 2.05) is 0 Å². The molecule has 0 aliphatic heterocycles. The minimum Gasteiger partial charge on any atom is -0.206 e. The van der Waals surface area contributed by atoms with Crippen molar-refractivity contribution in [3.63, 3.8) is 0 Å². The van der Waals surface area contributed by atoms with Gasteiger partial charge in [-0.05, 0) is 36.1 Å². The van der Waals surface area contributed by atoms with Gasteiger partial charge in [-0.15, -0.1) is 0 Å². The molecule has 4 heteroatoms. The highest BCUT2D eigenvalue weighted by atomic mass is 19.4. The molecule has 0 unspecified atom stereocenters. The van der Waals surface area contributed by atoms with Gasteiger partial charge >= 0.3 is 6.18 Å². The second kappa shape index (κ2) is 3.83. The van der Waals surface area contributed by atoms with Crippen LogP contribution in [0.15, 0.2) is 12.1 Å². The van der Waals surface area contributed by atoms with Crippen LogP contribution >= 0.6 is 0 Å². The number of benzene rings is 1. The highest BCUT2D eigenvalue weighted by Crippen LogP contribution is 2.33. The predicted molar refractivity (Wildman–Crippen MR) is 50.2 cm³/mol. The predicted octanol–water partition coefficient (Wildman–Crippen LogP) is 4.28. The van der Waals surface area contributed by atoms with E-state index in [4.69, 9.17) is 0 Å². The molecule has 15 heavy (non-hydrogen) atoms. The van der Waals surface area contributed by atoms with Gasteiger partial charge in [0.05, 0.1) is 5.56 Å². The molecule has 0 saturated heterocycles. The lowest BCUT2D eigenvalue weighted by Gasteiger charge is -2.14. The minimum atomic E-state index is -4.41. The quantitative estimate of drug-likeness (QED) is 0.620. The number of aryl methyl sites for hydroxylation is 1. The van der Waals surface area contributed by atoms with Gasteiger partial charge in [-0.2, -0.15) is 13.2 Å². The maximum atomic E-state index is 13.5. The third-order valence-electron chi connectivity index (χ3n) is 2.23. The van der Waals surface area contributed by atoms with E-state index >= 15 is 0 Å². The van der Waals surface area contributed by atoms with Crippen LogP contribution in [0.3, 0.4) is 0 Å². The van der Waals surface area contributed by atoms with Crippen molar-refractivity contribution in [1.29, 1.82) is 0 Å². The molecule has 0 radical (unpaired) electrons. The minimum absolute atomic E-state index is 0.0357. The Morgan fingerprint density at radius 2 is 1.67 bits per heavy atom. The van der Waals surface area contributed by atoms with Crippen LogP contribution in [0.4, 0.5) is 17.6 Å². The molecule has 0 N–H and O–H groups in total. The summed E-state index contributed by atoms with van der Waals surface area (Å²) in [6, 6.07) is 1.72. The molecule has 1 aromatic rings. The van der Waals surface area contributed by atoms with Crippen LogP contribution in [-0.4, -0.2) is 0 Å². The van der Waals surface area contributed by atoms with Gasteiger partial charge in [-0.25, -0.2) is 4.39 Å². The summed E-state index contributed by atoms with van der Waals surface area (Å²) in [6.07, 6.45) is -4.41. The first kappa shape index (κ1) is 12.0. The molecule has 0 aliphatic carbocycles. The van der Waals surface area contributed by atoms with Crippen LogP contribution in [0.2, 0.25) is 0 Å². The average Bonchev–Trinajstić information content (AvgIpc) is 2.06.